The molecule has 0 spiro atoms. The lowest BCUT2D eigenvalue weighted by Crippen LogP contribution is -2.30. The zero-order valence-corrected chi connectivity index (χ0v) is 15.5. The van der Waals surface area contributed by atoms with E-state index in [0.717, 1.165) is 5.56 Å². The van der Waals surface area contributed by atoms with Crippen LogP contribution in [0.2, 0.25) is 10.0 Å². The van der Waals surface area contributed by atoms with Gasteiger partial charge >= 0.3 is 5.97 Å². The number of anilines is 1. The van der Waals surface area contributed by atoms with Crippen LogP contribution in [0.4, 0.5) is 5.69 Å². The van der Waals surface area contributed by atoms with Gasteiger partial charge in [0.05, 0.1) is 17.1 Å². The molecule has 0 aliphatic heterocycles. The average molecular weight is 380 g/mol. The number of carbonyl (C=O) groups is 2. The monoisotopic (exact) mass is 379 g/mol. The number of carbonyl (C=O) groups excluding carboxylic acids is 2. The van der Waals surface area contributed by atoms with Gasteiger partial charge in [-0.3, -0.25) is 9.59 Å². The number of esters is 1. The molecule has 1 amide bonds. The molecule has 25 heavy (non-hydrogen) atoms. The molecule has 0 radical (unpaired) electrons. The Balaban J connectivity index is 1.90. The minimum atomic E-state index is -0.939. The molecule has 0 aromatic heterocycles. The van der Waals surface area contributed by atoms with Crippen molar-refractivity contribution in [1.29, 1.82) is 0 Å². The van der Waals surface area contributed by atoms with Gasteiger partial charge in [0.1, 0.15) is 0 Å². The third kappa shape index (κ3) is 5.76. The number of nitrogens with one attached hydrogen (secondary N) is 1. The number of rotatable bonds is 6. The Hall–Kier alpha value is -2.04. The van der Waals surface area contributed by atoms with Gasteiger partial charge in [-0.1, -0.05) is 60.5 Å². The first-order chi connectivity index (χ1) is 11.9. The molecule has 0 bridgehead atoms. The molecule has 6 heteroatoms. The molecular formula is C19H19Cl2NO3. The second kappa shape index (κ2) is 8.88. The van der Waals surface area contributed by atoms with Crippen molar-refractivity contribution in [2.75, 3.05) is 5.32 Å². The zero-order valence-electron chi connectivity index (χ0n) is 14.0. The zero-order chi connectivity index (χ0) is 18.4. The van der Waals surface area contributed by atoms with Crippen molar-refractivity contribution in [1.82, 2.24) is 0 Å². The molecule has 1 N–H and O–H groups in total. The highest BCUT2D eigenvalue weighted by Crippen LogP contribution is 2.25. The Bertz CT molecular complexity index is 750. The second-order valence-corrected chi connectivity index (χ2v) is 6.60. The van der Waals surface area contributed by atoms with E-state index in [-0.39, 0.29) is 12.3 Å². The highest BCUT2D eigenvalue weighted by atomic mass is 35.5. The summed E-state index contributed by atoms with van der Waals surface area (Å²) < 4.78 is 5.22. The molecule has 132 valence electrons. The van der Waals surface area contributed by atoms with Crippen LogP contribution in [0.3, 0.4) is 0 Å². The van der Waals surface area contributed by atoms with Crippen LogP contribution in [0.25, 0.3) is 0 Å². The molecule has 2 rings (SSSR count). The fourth-order valence-corrected chi connectivity index (χ4v) is 2.61. The normalized spacial score (nSPS) is 13.0. The lowest BCUT2D eigenvalue weighted by molar-refractivity contribution is -0.153. The number of amides is 1. The minimum Gasteiger partial charge on any atom is -0.453 e. The van der Waals surface area contributed by atoms with Gasteiger partial charge in [0.25, 0.3) is 5.91 Å². The largest absolute Gasteiger partial charge is 0.453 e. The van der Waals surface area contributed by atoms with E-state index in [1.807, 2.05) is 37.3 Å². The molecular weight excluding hydrogens is 361 g/mol. The van der Waals surface area contributed by atoms with Gasteiger partial charge in [-0.25, -0.2) is 0 Å². The molecule has 0 aliphatic carbocycles. The van der Waals surface area contributed by atoms with Crippen molar-refractivity contribution in [2.45, 2.75) is 32.3 Å². The Morgan fingerprint density at radius 1 is 1.08 bits per heavy atom. The van der Waals surface area contributed by atoms with Crippen LogP contribution >= 0.6 is 23.2 Å². The van der Waals surface area contributed by atoms with Gasteiger partial charge in [-0.15, -0.1) is 0 Å². The van der Waals surface area contributed by atoms with Crippen LogP contribution in [-0.2, 0) is 14.3 Å². The molecule has 2 aromatic rings. The summed E-state index contributed by atoms with van der Waals surface area (Å²) >= 11 is 11.9. The van der Waals surface area contributed by atoms with E-state index in [1.54, 1.807) is 12.1 Å². The lowest BCUT2D eigenvalue weighted by atomic mass is 9.98. The summed E-state index contributed by atoms with van der Waals surface area (Å²) in [7, 11) is 0. The molecule has 4 nitrogen and oxygen atoms in total. The molecule has 2 unspecified atom stereocenters. The minimum absolute atomic E-state index is 0.00587. The summed E-state index contributed by atoms with van der Waals surface area (Å²) in [5.74, 6) is -0.896. The maximum atomic E-state index is 12.2. The number of benzene rings is 2. The topological polar surface area (TPSA) is 55.4 Å². The maximum Gasteiger partial charge on any atom is 0.307 e. The first-order valence-electron chi connectivity index (χ1n) is 7.87. The van der Waals surface area contributed by atoms with Crippen molar-refractivity contribution < 1.29 is 14.3 Å². The highest BCUT2D eigenvalue weighted by molar-refractivity contribution is 6.35. The summed E-state index contributed by atoms with van der Waals surface area (Å²) in [6.07, 6.45) is -0.745. The van der Waals surface area contributed by atoms with Crippen molar-refractivity contribution in [3.63, 3.8) is 0 Å². The average Bonchev–Trinajstić information content (AvgIpc) is 2.58. The first-order valence-corrected chi connectivity index (χ1v) is 8.62. The standard InChI is InChI=1S/C19H19Cl2NO3/c1-12(14-6-4-3-5-7-14)10-18(23)25-13(2)19(24)22-17-11-15(20)8-9-16(17)21/h3-9,11-13H,10H2,1-2H3,(H,22,24). The maximum absolute atomic E-state index is 12.2. The van der Waals surface area contributed by atoms with Gasteiger partial charge in [-0.2, -0.15) is 0 Å². The van der Waals surface area contributed by atoms with Crippen LogP contribution in [0, 0.1) is 0 Å². The molecule has 0 saturated heterocycles. The van der Waals surface area contributed by atoms with E-state index >= 15 is 0 Å². The third-order valence-electron chi connectivity index (χ3n) is 3.71. The molecule has 2 atom stereocenters. The van der Waals surface area contributed by atoms with Gasteiger partial charge in [0.15, 0.2) is 6.10 Å². The third-order valence-corrected chi connectivity index (χ3v) is 4.27. The first kappa shape index (κ1) is 19.3. The number of ether oxygens (including phenoxy) is 1. The van der Waals surface area contributed by atoms with Crippen LogP contribution in [-0.4, -0.2) is 18.0 Å². The van der Waals surface area contributed by atoms with Crippen molar-refractivity contribution in [3.05, 3.63) is 64.1 Å². The van der Waals surface area contributed by atoms with E-state index < -0.39 is 18.0 Å². The highest BCUT2D eigenvalue weighted by Gasteiger charge is 2.20. The van der Waals surface area contributed by atoms with Gasteiger partial charge in [-0.05, 0) is 36.6 Å². The quantitative estimate of drug-likeness (QED) is 0.713. The van der Waals surface area contributed by atoms with Crippen LogP contribution in [0.15, 0.2) is 48.5 Å². The SMILES string of the molecule is CC(OC(=O)CC(C)c1ccccc1)C(=O)Nc1cc(Cl)ccc1Cl. The number of hydrogen-bond donors (Lipinski definition) is 1. The summed E-state index contributed by atoms with van der Waals surface area (Å²) in [5.41, 5.74) is 1.42. The smallest absolute Gasteiger partial charge is 0.307 e. The van der Waals surface area contributed by atoms with E-state index in [2.05, 4.69) is 5.32 Å². The van der Waals surface area contributed by atoms with Gasteiger partial charge in [0, 0.05) is 5.02 Å². The summed E-state index contributed by atoms with van der Waals surface area (Å²) in [5, 5.41) is 3.41. The van der Waals surface area contributed by atoms with Crippen molar-refractivity contribution >= 4 is 40.8 Å². The van der Waals surface area contributed by atoms with Crippen molar-refractivity contribution in [3.8, 4) is 0 Å². The fraction of sp³-hybridized carbons (Fsp3) is 0.263. The lowest BCUT2D eigenvalue weighted by Gasteiger charge is -2.16. The summed E-state index contributed by atoms with van der Waals surface area (Å²) in [6, 6.07) is 14.4. The van der Waals surface area contributed by atoms with Gasteiger partial charge in [0.2, 0.25) is 0 Å². The van der Waals surface area contributed by atoms with Gasteiger partial charge < -0.3 is 10.1 Å². The fourth-order valence-electron chi connectivity index (χ4n) is 2.28. The molecule has 0 saturated carbocycles. The summed E-state index contributed by atoms with van der Waals surface area (Å²) in [6.45, 7) is 3.45. The Kier molecular flexibility index (Phi) is 6.85. The van der Waals surface area contributed by atoms with Crippen LogP contribution in [0.1, 0.15) is 31.7 Å². The van der Waals surface area contributed by atoms with Crippen molar-refractivity contribution in [2.24, 2.45) is 0 Å². The molecule has 0 aliphatic rings. The number of halogens is 2. The molecule has 0 fully saturated rings. The van der Waals surface area contributed by atoms with Crippen LogP contribution in [0.5, 0.6) is 0 Å². The molecule has 2 aromatic carbocycles. The number of hydrogen-bond acceptors (Lipinski definition) is 3. The van der Waals surface area contributed by atoms with E-state index in [0.29, 0.717) is 15.7 Å². The molecule has 0 heterocycles. The second-order valence-electron chi connectivity index (χ2n) is 5.76. The summed E-state index contributed by atoms with van der Waals surface area (Å²) in [4.78, 5) is 24.2. The Morgan fingerprint density at radius 2 is 1.76 bits per heavy atom. The van der Waals surface area contributed by atoms with E-state index in [4.69, 9.17) is 27.9 Å². The predicted molar refractivity (Wildman–Crippen MR) is 100 cm³/mol. The Morgan fingerprint density at radius 3 is 2.44 bits per heavy atom. The van der Waals surface area contributed by atoms with E-state index in [9.17, 15) is 9.59 Å². The van der Waals surface area contributed by atoms with E-state index in [1.165, 1.54) is 13.0 Å². The van der Waals surface area contributed by atoms with Crippen LogP contribution < -0.4 is 5.32 Å². The predicted octanol–water partition coefficient (Wildman–Crippen LogP) is 5.06. The Labute approximate surface area is 157 Å².